The van der Waals surface area contributed by atoms with Gasteiger partial charge in [0.2, 0.25) is 5.78 Å². The van der Waals surface area contributed by atoms with Crippen LogP contribution >= 0.6 is 11.6 Å². The number of esters is 1. The molecule has 0 aromatic rings. The highest BCUT2D eigenvalue weighted by Crippen LogP contribution is 2.72. The highest BCUT2D eigenvalue weighted by atomic mass is 35.5. The molecule has 3 fully saturated rings. The molecule has 1 heterocycles. The zero-order valence-electron chi connectivity index (χ0n) is 23.2. The fourth-order valence-corrected chi connectivity index (χ4v) is 8.83. The Morgan fingerprint density at radius 3 is 2.62 bits per heavy atom. The van der Waals surface area contributed by atoms with Gasteiger partial charge in [0.1, 0.15) is 18.6 Å². The first kappa shape index (κ1) is 28.7. The smallest absolute Gasteiger partial charge is 0.303 e. The van der Waals surface area contributed by atoms with Crippen molar-refractivity contribution in [3.8, 4) is 0 Å². The molecule has 0 aromatic heterocycles. The standard InChI is InChI=1S/C29H38ClFO8/c1-16(33)37-15-23(35)29-24(38-25(2,3)39-29)12-20-21-10-17(14-32)19-11-18(36-9-8-30)6-7-26(19,4)28(21,31)22(34)13-27(20,29)5/h11,14,20-22,24,34H,6-10,12-13,15H2,1-5H3/t20?,21?,22-,24+,26-,27-,28-,29+/m0/s1. The summed E-state index contributed by atoms with van der Waals surface area (Å²) in [4.78, 5) is 37.8. The molecule has 4 aliphatic carbocycles. The Labute approximate surface area is 233 Å². The van der Waals surface area contributed by atoms with Crippen LogP contribution in [0.1, 0.15) is 66.7 Å². The summed E-state index contributed by atoms with van der Waals surface area (Å²) in [5.74, 6) is -2.43. The molecule has 39 heavy (non-hydrogen) atoms. The fraction of sp³-hybridized carbons (Fsp3) is 0.759. The van der Waals surface area contributed by atoms with Crippen molar-refractivity contribution in [1.29, 1.82) is 0 Å². The lowest BCUT2D eigenvalue weighted by Crippen LogP contribution is -2.70. The molecule has 1 saturated heterocycles. The number of hydrogen-bond acceptors (Lipinski definition) is 8. The second kappa shape index (κ2) is 9.36. The maximum Gasteiger partial charge on any atom is 0.303 e. The predicted molar refractivity (Wildman–Crippen MR) is 138 cm³/mol. The number of carbonyl (C=O) groups excluding carboxylic acids is 3. The maximum atomic E-state index is 17.8. The predicted octanol–water partition coefficient (Wildman–Crippen LogP) is 3.96. The van der Waals surface area contributed by atoms with Crippen molar-refractivity contribution in [2.45, 2.75) is 96.0 Å². The van der Waals surface area contributed by atoms with Gasteiger partial charge >= 0.3 is 5.97 Å². The van der Waals surface area contributed by atoms with E-state index < -0.39 is 70.3 Å². The van der Waals surface area contributed by atoms with Gasteiger partial charge < -0.3 is 24.1 Å². The number of allylic oxidation sites excluding steroid dienone is 4. The highest BCUT2D eigenvalue weighted by molar-refractivity contribution is 6.18. The number of Topliss-reactive ketones (excluding diaryl/α,β-unsaturated/α-hetero) is 1. The first-order valence-electron chi connectivity index (χ1n) is 13.7. The van der Waals surface area contributed by atoms with Crippen molar-refractivity contribution in [3.63, 3.8) is 0 Å². The Bertz CT molecular complexity index is 1150. The summed E-state index contributed by atoms with van der Waals surface area (Å²) in [6, 6.07) is 0. The number of aliphatic hydroxyl groups is 1. The van der Waals surface area contributed by atoms with Crippen LogP contribution in [0.25, 0.3) is 0 Å². The lowest BCUT2D eigenvalue weighted by atomic mass is 9.44. The van der Waals surface area contributed by atoms with E-state index in [1.807, 2.05) is 6.92 Å². The molecule has 0 bridgehead atoms. The van der Waals surface area contributed by atoms with Gasteiger partial charge in [-0.05, 0) is 62.7 Å². The van der Waals surface area contributed by atoms with Crippen LogP contribution < -0.4 is 0 Å². The first-order chi connectivity index (χ1) is 18.2. The summed E-state index contributed by atoms with van der Waals surface area (Å²) >= 11 is 5.78. The van der Waals surface area contributed by atoms with Crippen LogP contribution in [0.5, 0.6) is 0 Å². The van der Waals surface area contributed by atoms with E-state index in [0.717, 1.165) is 6.29 Å². The van der Waals surface area contributed by atoms with E-state index >= 15 is 4.39 Å². The molecule has 2 unspecified atom stereocenters. The molecule has 0 aromatic carbocycles. The normalized spacial score (nSPS) is 43.9. The van der Waals surface area contributed by atoms with E-state index in [2.05, 4.69) is 0 Å². The molecule has 5 aliphatic rings. The lowest BCUT2D eigenvalue weighted by molar-refractivity contribution is -0.248. The average Bonchev–Trinajstić information content (AvgIpc) is 3.27. The summed E-state index contributed by atoms with van der Waals surface area (Å²) in [6.45, 7) is 8.07. The Kier molecular flexibility index (Phi) is 6.89. The largest absolute Gasteiger partial charge is 0.497 e. The van der Waals surface area contributed by atoms with Crippen LogP contribution in [0.3, 0.4) is 0 Å². The summed E-state index contributed by atoms with van der Waals surface area (Å²) < 4.78 is 41.3. The number of ether oxygens (including phenoxy) is 4. The van der Waals surface area contributed by atoms with Gasteiger partial charge in [-0.2, -0.15) is 0 Å². The van der Waals surface area contributed by atoms with Crippen molar-refractivity contribution < 1.29 is 42.8 Å². The quantitative estimate of drug-likeness (QED) is 0.279. The van der Waals surface area contributed by atoms with Crippen molar-refractivity contribution >= 4 is 29.6 Å². The Morgan fingerprint density at radius 2 is 1.97 bits per heavy atom. The second-order valence-corrected chi connectivity index (χ2v) is 13.0. The highest BCUT2D eigenvalue weighted by Gasteiger charge is 2.80. The number of alkyl halides is 2. The number of halogens is 2. The third-order valence-electron chi connectivity index (χ3n) is 10.3. The number of ketones is 1. The number of aldehydes is 1. The van der Waals surface area contributed by atoms with E-state index in [1.54, 1.807) is 26.8 Å². The third kappa shape index (κ3) is 3.82. The zero-order chi connectivity index (χ0) is 28.6. The molecule has 2 saturated carbocycles. The molecule has 1 N–H and O–H groups in total. The van der Waals surface area contributed by atoms with Gasteiger partial charge in [-0.1, -0.05) is 13.8 Å². The van der Waals surface area contributed by atoms with Gasteiger partial charge in [0.05, 0.1) is 23.8 Å². The van der Waals surface area contributed by atoms with Gasteiger partial charge in [-0.3, -0.25) is 14.4 Å². The summed E-state index contributed by atoms with van der Waals surface area (Å²) in [5.41, 5.74) is -4.76. The van der Waals surface area contributed by atoms with Crippen molar-refractivity contribution in [3.05, 3.63) is 23.0 Å². The fourth-order valence-electron chi connectivity index (χ4n) is 8.75. The van der Waals surface area contributed by atoms with Crippen LogP contribution in [0.2, 0.25) is 0 Å². The minimum absolute atomic E-state index is 0.0506. The summed E-state index contributed by atoms with van der Waals surface area (Å²) in [7, 11) is 0. The Morgan fingerprint density at radius 1 is 1.26 bits per heavy atom. The van der Waals surface area contributed by atoms with Gasteiger partial charge in [0.15, 0.2) is 18.0 Å². The molecule has 1 aliphatic heterocycles. The molecule has 0 radical (unpaired) electrons. The maximum absolute atomic E-state index is 17.8. The van der Waals surface area contributed by atoms with Gasteiger partial charge in [0.25, 0.3) is 0 Å². The van der Waals surface area contributed by atoms with E-state index in [9.17, 15) is 19.5 Å². The van der Waals surface area contributed by atoms with E-state index in [4.69, 9.17) is 30.5 Å². The van der Waals surface area contributed by atoms with Crippen LogP contribution in [-0.4, -0.2) is 71.5 Å². The molecule has 0 spiro atoms. The summed E-state index contributed by atoms with van der Waals surface area (Å²) in [6.07, 6.45) is 1.52. The number of fused-ring (bicyclic) bond motifs is 7. The molecule has 0 amide bonds. The first-order valence-corrected chi connectivity index (χ1v) is 14.2. The van der Waals surface area contributed by atoms with E-state index in [0.29, 0.717) is 48.7 Å². The molecular formula is C29H38ClFO8. The molecular weight excluding hydrogens is 531 g/mol. The van der Waals surface area contributed by atoms with Crippen molar-refractivity contribution in [1.82, 2.24) is 0 Å². The number of hydrogen-bond donors (Lipinski definition) is 1. The molecule has 5 rings (SSSR count). The van der Waals surface area contributed by atoms with E-state index in [-0.39, 0.29) is 12.8 Å². The Balaban J connectivity index is 1.61. The van der Waals surface area contributed by atoms with Gasteiger partial charge in [-0.15, -0.1) is 11.6 Å². The van der Waals surface area contributed by atoms with Crippen LogP contribution in [0, 0.1) is 22.7 Å². The average molecular weight is 569 g/mol. The minimum Gasteiger partial charge on any atom is -0.497 e. The second-order valence-electron chi connectivity index (χ2n) is 12.6. The number of rotatable bonds is 7. The van der Waals surface area contributed by atoms with Gasteiger partial charge in [0, 0.05) is 30.1 Å². The Hall–Kier alpha value is -1.81. The monoisotopic (exact) mass is 568 g/mol. The lowest BCUT2D eigenvalue weighted by Gasteiger charge is -2.63. The number of aliphatic hydroxyl groups excluding tert-OH is 1. The van der Waals surface area contributed by atoms with Crippen molar-refractivity contribution in [2.75, 3.05) is 19.1 Å². The molecule has 10 heteroatoms. The molecule has 216 valence electrons. The number of carbonyl (C=O) groups is 3. The van der Waals surface area contributed by atoms with Crippen LogP contribution in [0.15, 0.2) is 23.0 Å². The van der Waals surface area contributed by atoms with Crippen LogP contribution in [0.4, 0.5) is 4.39 Å². The topological polar surface area (TPSA) is 108 Å². The minimum atomic E-state index is -2.07. The molecule has 8 atom stereocenters. The SMILES string of the molecule is CC(=O)OCC(=O)[C@@]12OC(C)(C)O[C@@H]1CC1C3CC(C=O)=C4C=C(OCCCl)CC[C@]4(C)[C@@]3(F)[C@@H](O)C[C@@]12C. The third-order valence-corrected chi connectivity index (χ3v) is 10.4. The van der Waals surface area contributed by atoms with Gasteiger partial charge in [-0.25, -0.2) is 4.39 Å². The van der Waals surface area contributed by atoms with E-state index in [1.165, 1.54) is 6.92 Å². The van der Waals surface area contributed by atoms with Crippen LogP contribution in [-0.2, 0) is 33.3 Å². The molecule has 8 nitrogen and oxygen atoms in total. The summed E-state index contributed by atoms with van der Waals surface area (Å²) in [5, 5.41) is 11.8. The zero-order valence-corrected chi connectivity index (χ0v) is 23.9. The van der Waals surface area contributed by atoms with Crippen molar-refractivity contribution in [2.24, 2.45) is 22.7 Å².